The van der Waals surface area contributed by atoms with Gasteiger partial charge in [0.1, 0.15) is 0 Å². The molecule has 0 unspecified atom stereocenters. The molecule has 0 bridgehead atoms. The number of rotatable bonds is 7. The average Bonchev–Trinajstić information content (AvgIpc) is 3.50. The lowest BCUT2D eigenvalue weighted by Crippen LogP contribution is -2.35. The summed E-state index contributed by atoms with van der Waals surface area (Å²) in [4.78, 5) is 39.9. The molecule has 2 aromatic rings. The van der Waals surface area contributed by atoms with E-state index in [1.54, 1.807) is 17.0 Å². The minimum absolute atomic E-state index is 0.0859. The van der Waals surface area contributed by atoms with E-state index in [9.17, 15) is 14.4 Å². The first-order valence-corrected chi connectivity index (χ1v) is 10.5. The predicted molar refractivity (Wildman–Crippen MR) is 113 cm³/mol. The number of nitrogens with one attached hydrogen (secondary N) is 1. The summed E-state index contributed by atoms with van der Waals surface area (Å²) in [5, 5.41) is 2.91. The summed E-state index contributed by atoms with van der Waals surface area (Å²) < 4.78 is 5.67. The third kappa shape index (κ3) is 4.37. The van der Waals surface area contributed by atoms with Gasteiger partial charge < -0.3 is 15.0 Å². The summed E-state index contributed by atoms with van der Waals surface area (Å²) in [6.07, 6.45) is 1.77. The third-order valence-electron chi connectivity index (χ3n) is 5.62. The smallest absolute Gasteiger partial charge is 0.312 e. The highest BCUT2D eigenvalue weighted by Crippen LogP contribution is 2.31. The molecule has 6 nitrogen and oxygen atoms in total. The van der Waals surface area contributed by atoms with Gasteiger partial charge in [-0.05, 0) is 30.9 Å². The van der Waals surface area contributed by atoms with Gasteiger partial charge in [-0.2, -0.15) is 0 Å². The SMILES string of the molecule is CCc1ccccc1N1C[C@H](C(=O)O[C@@H](C(=O)NC2CC2)c2ccccc2)CC1=O. The maximum Gasteiger partial charge on any atom is 0.312 e. The molecule has 2 fully saturated rings. The van der Waals surface area contributed by atoms with E-state index in [1.165, 1.54) is 0 Å². The zero-order valence-electron chi connectivity index (χ0n) is 17.0. The maximum absolute atomic E-state index is 12.9. The number of benzene rings is 2. The van der Waals surface area contributed by atoms with Gasteiger partial charge >= 0.3 is 5.97 Å². The number of carbonyl (C=O) groups excluding carboxylic acids is 3. The molecule has 0 spiro atoms. The number of aryl methyl sites for hydroxylation is 1. The highest BCUT2D eigenvalue weighted by molar-refractivity contribution is 6.00. The normalized spacial score (nSPS) is 19.4. The van der Waals surface area contributed by atoms with Crippen molar-refractivity contribution < 1.29 is 19.1 Å². The van der Waals surface area contributed by atoms with Gasteiger partial charge in [0.05, 0.1) is 5.92 Å². The van der Waals surface area contributed by atoms with Crippen LogP contribution in [0, 0.1) is 5.92 Å². The van der Waals surface area contributed by atoms with Gasteiger partial charge in [0, 0.05) is 30.3 Å². The van der Waals surface area contributed by atoms with E-state index in [-0.39, 0.29) is 30.8 Å². The molecule has 30 heavy (non-hydrogen) atoms. The molecule has 2 aliphatic rings. The molecule has 1 aliphatic carbocycles. The second-order valence-corrected chi connectivity index (χ2v) is 7.90. The monoisotopic (exact) mass is 406 g/mol. The molecule has 6 heteroatoms. The van der Waals surface area contributed by atoms with Crippen molar-refractivity contribution in [3.63, 3.8) is 0 Å². The van der Waals surface area contributed by atoms with Crippen molar-refractivity contribution >= 4 is 23.5 Å². The molecule has 2 aromatic carbocycles. The van der Waals surface area contributed by atoms with E-state index >= 15 is 0 Å². The van der Waals surface area contributed by atoms with Crippen molar-refractivity contribution in [2.24, 2.45) is 5.92 Å². The van der Waals surface area contributed by atoms with Crippen LogP contribution in [0.5, 0.6) is 0 Å². The lowest BCUT2D eigenvalue weighted by atomic mass is 10.1. The van der Waals surface area contributed by atoms with Crippen molar-refractivity contribution in [2.45, 2.75) is 44.8 Å². The Morgan fingerprint density at radius 1 is 1.10 bits per heavy atom. The zero-order chi connectivity index (χ0) is 21.1. The molecule has 2 atom stereocenters. The Balaban J connectivity index is 1.49. The van der Waals surface area contributed by atoms with Crippen molar-refractivity contribution in [1.82, 2.24) is 5.32 Å². The van der Waals surface area contributed by atoms with Crippen LogP contribution in [-0.4, -0.2) is 30.4 Å². The predicted octanol–water partition coefficient (Wildman–Crippen LogP) is 3.17. The second kappa shape index (κ2) is 8.69. The Labute approximate surface area is 176 Å². The second-order valence-electron chi connectivity index (χ2n) is 7.90. The van der Waals surface area contributed by atoms with Crippen LogP contribution < -0.4 is 10.2 Å². The highest BCUT2D eigenvalue weighted by atomic mass is 16.5. The molecule has 4 rings (SSSR count). The quantitative estimate of drug-likeness (QED) is 0.717. The number of carbonyl (C=O) groups is 3. The molecule has 1 saturated carbocycles. The largest absolute Gasteiger partial charge is 0.447 e. The van der Waals surface area contributed by atoms with E-state index in [0.717, 1.165) is 30.5 Å². The van der Waals surface area contributed by atoms with Crippen molar-refractivity contribution in [1.29, 1.82) is 0 Å². The average molecular weight is 406 g/mol. The summed E-state index contributed by atoms with van der Waals surface area (Å²) in [6, 6.07) is 16.9. The molecular weight excluding hydrogens is 380 g/mol. The fourth-order valence-corrected chi connectivity index (χ4v) is 3.79. The first-order chi connectivity index (χ1) is 14.6. The number of hydrogen-bond donors (Lipinski definition) is 1. The fraction of sp³-hybridized carbons (Fsp3) is 0.375. The van der Waals surface area contributed by atoms with Crippen LogP contribution in [0.4, 0.5) is 5.69 Å². The first kappa shape index (κ1) is 20.1. The molecule has 2 amide bonds. The van der Waals surface area contributed by atoms with Crippen LogP contribution in [-0.2, 0) is 25.5 Å². The molecule has 0 aromatic heterocycles. The first-order valence-electron chi connectivity index (χ1n) is 10.5. The van der Waals surface area contributed by atoms with Gasteiger partial charge in [-0.3, -0.25) is 14.4 Å². The number of para-hydroxylation sites is 1. The van der Waals surface area contributed by atoms with Crippen molar-refractivity contribution in [3.8, 4) is 0 Å². The topological polar surface area (TPSA) is 75.7 Å². The maximum atomic E-state index is 12.9. The molecule has 1 aliphatic heterocycles. The van der Waals surface area contributed by atoms with Gasteiger partial charge in [0.2, 0.25) is 12.0 Å². The van der Waals surface area contributed by atoms with E-state index in [0.29, 0.717) is 5.56 Å². The molecule has 1 saturated heterocycles. The van der Waals surface area contributed by atoms with Crippen LogP contribution in [0.2, 0.25) is 0 Å². The summed E-state index contributed by atoms with van der Waals surface area (Å²) >= 11 is 0. The van der Waals surface area contributed by atoms with E-state index in [4.69, 9.17) is 4.74 Å². The Morgan fingerprint density at radius 2 is 1.80 bits per heavy atom. The number of esters is 1. The number of ether oxygens (including phenoxy) is 1. The highest BCUT2D eigenvalue weighted by Gasteiger charge is 2.39. The summed E-state index contributed by atoms with van der Waals surface area (Å²) in [6.45, 7) is 2.30. The summed E-state index contributed by atoms with van der Waals surface area (Å²) in [7, 11) is 0. The standard InChI is InChI=1S/C24H26N2O4/c1-2-16-8-6-7-11-20(16)26-15-18(14-21(26)27)24(29)30-22(17-9-4-3-5-10-17)23(28)25-19-12-13-19/h3-11,18-19,22H,2,12-15H2,1H3,(H,25,28)/t18-,22-/m1/s1. The van der Waals surface area contributed by atoms with Crippen LogP contribution in [0.1, 0.15) is 43.4 Å². The van der Waals surface area contributed by atoms with Gasteiger partial charge in [0.15, 0.2) is 0 Å². The van der Waals surface area contributed by atoms with E-state index in [2.05, 4.69) is 5.32 Å². The Morgan fingerprint density at radius 3 is 2.50 bits per heavy atom. The van der Waals surface area contributed by atoms with Gasteiger partial charge in [-0.1, -0.05) is 55.5 Å². The van der Waals surface area contributed by atoms with Gasteiger partial charge in [-0.25, -0.2) is 0 Å². The molecular formula is C24H26N2O4. The minimum Gasteiger partial charge on any atom is -0.447 e. The minimum atomic E-state index is -1.01. The van der Waals surface area contributed by atoms with Crippen molar-refractivity contribution in [2.75, 3.05) is 11.4 Å². The Bertz CT molecular complexity index is 939. The van der Waals surface area contributed by atoms with E-state index < -0.39 is 18.0 Å². The third-order valence-corrected chi connectivity index (χ3v) is 5.62. The zero-order valence-corrected chi connectivity index (χ0v) is 17.0. The molecule has 0 radical (unpaired) electrons. The lowest BCUT2D eigenvalue weighted by molar-refractivity contribution is -0.160. The lowest BCUT2D eigenvalue weighted by Gasteiger charge is -2.21. The van der Waals surface area contributed by atoms with Crippen molar-refractivity contribution in [3.05, 3.63) is 65.7 Å². The number of hydrogen-bond acceptors (Lipinski definition) is 4. The summed E-state index contributed by atoms with van der Waals surface area (Å²) in [5.74, 6) is -1.52. The van der Waals surface area contributed by atoms with Crippen LogP contribution in [0.25, 0.3) is 0 Å². The molecule has 1 heterocycles. The van der Waals surface area contributed by atoms with Gasteiger partial charge in [0.25, 0.3) is 5.91 Å². The van der Waals surface area contributed by atoms with E-state index in [1.807, 2.05) is 49.4 Å². The number of amides is 2. The van der Waals surface area contributed by atoms with Crippen LogP contribution in [0.15, 0.2) is 54.6 Å². The fourth-order valence-electron chi connectivity index (χ4n) is 3.79. The number of nitrogens with zero attached hydrogens (tertiary/aromatic N) is 1. The van der Waals surface area contributed by atoms with Gasteiger partial charge in [-0.15, -0.1) is 0 Å². The van der Waals surface area contributed by atoms with Crippen LogP contribution in [0.3, 0.4) is 0 Å². The Hall–Kier alpha value is -3.15. The Kier molecular flexibility index (Phi) is 5.84. The molecule has 1 N–H and O–H groups in total. The van der Waals surface area contributed by atoms with Crippen LogP contribution >= 0.6 is 0 Å². The molecule has 156 valence electrons. The number of anilines is 1. The summed E-state index contributed by atoms with van der Waals surface area (Å²) in [5.41, 5.74) is 2.53.